The van der Waals surface area contributed by atoms with Crippen LogP contribution in [0.2, 0.25) is 0 Å². The van der Waals surface area contributed by atoms with Crippen LogP contribution < -0.4 is 11.3 Å². The first-order chi connectivity index (χ1) is 5.70. The number of fused-ring (bicyclic) bond motifs is 1. The highest BCUT2D eigenvalue weighted by atomic mass is 35.5. The van der Waals surface area contributed by atoms with E-state index in [0.29, 0.717) is 11.3 Å². The second-order valence-corrected chi connectivity index (χ2v) is 2.60. The number of nitrogen functional groups attached to an aromatic ring is 1. The Balaban J connectivity index is 0.000000845. The Kier molecular flexibility index (Phi) is 2.29. The zero-order valence-corrected chi connectivity index (χ0v) is 7.78. The molecule has 0 aliphatic rings. The van der Waals surface area contributed by atoms with Gasteiger partial charge in [0.25, 0.3) is 5.56 Å². The molecule has 2 aromatic heterocycles. The first kappa shape index (κ1) is 9.60. The molecule has 0 amide bonds. The number of aromatic nitrogens is 3. The number of nitrogens with two attached hydrogens (primary N) is 1. The zero-order valence-electron chi connectivity index (χ0n) is 6.97. The van der Waals surface area contributed by atoms with E-state index in [-0.39, 0.29) is 18.0 Å². The Morgan fingerprint density at radius 2 is 2.23 bits per heavy atom. The number of rotatable bonds is 0. The number of anilines is 1. The summed E-state index contributed by atoms with van der Waals surface area (Å²) in [6.45, 7) is 0. The first-order valence-electron chi connectivity index (χ1n) is 3.49. The van der Waals surface area contributed by atoms with E-state index in [0.717, 1.165) is 0 Å². The molecule has 0 aliphatic carbocycles. The van der Waals surface area contributed by atoms with Crippen molar-refractivity contribution in [3.8, 4) is 0 Å². The van der Waals surface area contributed by atoms with E-state index < -0.39 is 0 Å². The van der Waals surface area contributed by atoms with Gasteiger partial charge in [-0.15, -0.1) is 12.4 Å². The maximum absolute atomic E-state index is 11.2. The normalized spacial score (nSPS) is 9.92. The number of hydrogen-bond acceptors (Lipinski definition) is 3. The monoisotopic (exact) mass is 200 g/mol. The molecule has 6 heteroatoms. The second kappa shape index (κ2) is 3.10. The minimum absolute atomic E-state index is 0. The molecular weight excluding hydrogens is 192 g/mol. The van der Waals surface area contributed by atoms with Crippen molar-refractivity contribution in [2.45, 2.75) is 0 Å². The van der Waals surface area contributed by atoms with E-state index in [4.69, 9.17) is 5.73 Å². The minimum Gasteiger partial charge on any atom is -0.394 e. The van der Waals surface area contributed by atoms with Gasteiger partial charge in [0.1, 0.15) is 0 Å². The molecular formula is C7H9ClN4O. The SMILES string of the molecule is Cl.Cn1ccc(=O)n2ncc(N)c12. The zero-order chi connectivity index (χ0) is 8.72. The molecule has 5 nitrogen and oxygen atoms in total. The molecule has 2 heterocycles. The van der Waals surface area contributed by atoms with Crippen molar-refractivity contribution in [1.29, 1.82) is 0 Å². The van der Waals surface area contributed by atoms with Gasteiger partial charge in [0.05, 0.1) is 11.9 Å². The van der Waals surface area contributed by atoms with Crippen LogP contribution in [0.5, 0.6) is 0 Å². The number of nitrogens with zero attached hydrogens (tertiary/aromatic N) is 3. The number of hydrogen-bond donors (Lipinski definition) is 1. The van der Waals surface area contributed by atoms with Crippen molar-refractivity contribution in [2.75, 3.05) is 5.73 Å². The van der Waals surface area contributed by atoms with E-state index in [1.807, 2.05) is 7.05 Å². The van der Waals surface area contributed by atoms with Crippen molar-refractivity contribution in [1.82, 2.24) is 14.2 Å². The highest BCUT2D eigenvalue weighted by molar-refractivity contribution is 5.85. The van der Waals surface area contributed by atoms with Crippen LogP contribution in [-0.4, -0.2) is 14.2 Å². The highest BCUT2D eigenvalue weighted by Gasteiger charge is 2.03. The quantitative estimate of drug-likeness (QED) is 0.653. The predicted molar refractivity (Wildman–Crippen MR) is 52.1 cm³/mol. The van der Waals surface area contributed by atoms with Gasteiger partial charge in [-0.25, -0.2) is 0 Å². The molecule has 2 rings (SSSR count). The van der Waals surface area contributed by atoms with Crippen molar-refractivity contribution in [3.05, 3.63) is 28.8 Å². The Bertz CT molecular complexity index is 487. The van der Waals surface area contributed by atoms with Crippen LogP contribution in [0.15, 0.2) is 23.3 Å². The molecule has 0 bridgehead atoms. The van der Waals surface area contributed by atoms with Crippen LogP contribution in [0.4, 0.5) is 5.69 Å². The lowest BCUT2D eigenvalue weighted by Gasteiger charge is -2.00. The third kappa shape index (κ3) is 1.27. The van der Waals surface area contributed by atoms with Gasteiger partial charge in [-0.3, -0.25) is 4.79 Å². The van der Waals surface area contributed by atoms with Gasteiger partial charge in [0.2, 0.25) is 0 Å². The van der Waals surface area contributed by atoms with Gasteiger partial charge in [-0.2, -0.15) is 9.61 Å². The summed E-state index contributed by atoms with van der Waals surface area (Å²) >= 11 is 0. The van der Waals surface area contributed by atoms with Gasteiger partial charge in [0, 0.05) is 19.3 Å². The van der Waals surface area contributed by atoms with Crippen molar-refractivity contribution in [3.63, 3.8) is 0 Å². The van der Waals surface area contributed by atoms with Crippen LogP contribution in [0.1, 0.15) is 0 Å². The molecule has 70 valence electrons. The van der Waals surface area contributed by atoms with Gasteiger partial charge >= 0.3 is 0 Å². The topological polar surface area (TPSA) is 65.3 Å². The molecule has 0 aromatic carbocycles. The summed E-state index contributed by atoms with van der Waals surface area (Å²) in [5.41, 5.74) is 6.57. The summed E-state index contributed by atoms with van der Waals surface area (Å²) in [5.74, 6) is 0. The van der Waals surface area contributed by atoms with Crippen molar-refractivity contribution in [2.24, 2.45) is 7.05 Å². The Morgan fingerprint density at radius 3 is 2.85 bits per heavy atom. The molecule has 0 saturated carbocycles. The summed E-state index contributed by atoms with van der Waals surface area (Å²) in [5, 5.41) is 3.84. The highest BCUT2D eigenvalue weighted by Crippen LogP contribution is 2.07. The fourth-order valence-corrected chi connectivity index (χ4v) is 1.19. The van der Waals surface area contributed by atoms with Crippen molar-refractivity contribution >= 4 is 23.7 Å². The van der Waals surface area contributed by atoms with Gasteiger partial charge < -0.3 is 10.3 Å². The Labute approximate surface area is 80.2 Å². The lowest BCUT2D eigenvalue weighted by atomic mass is 10.5. The molecule has 0 radical (unpaired) electrons. The van der Waals surface area contributed by atoms with Gasteiger partial charge in [-0.1, -0.05) is 0 Å². The smallest absolute Gasteiger partial charge is 0.274 e. The Morgan fingerprint density at radius 1 is 1.54 bits per heavy atom. The van der Waals surface area contributed by atoms with E-state index in [9.17, 15) is 4.79 Å². The standard InChI is InChI=1S/C7H8N4O.ClH/c1-10-3-2-6(12)11-7(10)5(8)4-9-11;/h2-4H,8H2,1H3;1H. The van der Waals surface area contributed by atoms with E-state index in [1.165, 1.54) is 16.8 Å². The van der Waals surface area contributed by atoms with E-state index in [1.54, 1.807) is 10.8 Å². The lowest BCUT2D eigenvalue weighted by Crippen LogP contribution is -2.15. The van der Waals surface area contributed by atoms with Crippen LogP contribution in [0.3, 0.4) is 0 Å². The van der Waals surface area contributed by atoms with E-state index in [2.05, 4.69) is 5.10 Å². The van der Waals surface area contributed by atoms with Gasteiger partial charge in [0.15, 0.2) is 5.65 Å². The molecule has 0 fully saturated rings. The first-order valence-corrected chi connectivity index (χ1v) is 3.49. The third-order valence-electron chi connectivity index (χ3n) is 1.75. The summed E-state index contributed by atoms with van der Waals surface area (Å²) in [6, 6.07) is 1.44. The summed E-state index contributed by atoms with van der Waals surface area (Å²) < 4.78 is 3.03. The fourth-order valence-electron chi connectivity index (χ4n) is 1.19. The number of halogens is 1. The number of aryl methyl sites for hydroxylation is 1. The average molecular weight is 201 g/mol. The molecule has 2 aromatic rings. The van der Waals surface area contributed by atoms with Crippen LogP contribution in [0, 0.1) is 0 Å². The molecule has 0 atom stereocenters. The van der Waals surface area contributed by atoms with Gasteiger partial charge in [-0.05, 0) is 0 Å². The van der Waals surface area contributed by atoms with Crippen LogP contribution in [0.25, 0.3) is 5.65 Å². The van der Waals surface area contributed by atoms with E-state index >= 15 is 0 Å². The lowest BCUT2D eigenvalue weighted by molar-refractivity contribution is 0.825. The largest absolute Gasteiger partial charge is 0.394 e. The summed E-state index contributed by atoms with van der Waals surface area (Å²) in [7, 11) is 1.81. The second-order valence-electron chi connectivity index (χ2n) is 2.60. The average Bonchev–Trinajstić information content (AvgIpc) is 2.42. The summed E-state index contributed by atoms with van der Waals surface area (Å²) in [4.78, 5) is 11.2. The van der Waals surface area contributed by atoms with Crippen LogP contribution in [-0.2, 0) is 7.05 Å². The van der Waals surface area contributed by atoms with Crippen molar-refractivity contribution < 1.29 is 0 Å². The molecule has 0 spiro atoms. The molecule has 0 aliphatic heterocycles. The minimum atomic E-state index is -0.167. The molecule has 13 heavy (non-hydrogen) atoms. The fraction of sp³-hybridized carbons (Fsp3) is 0.143. The molecule has 0 unspecified atom stereocenters. The summed E-state index contributed by atoms with van der Waals surface area (Å²) in [6.07, 6.45) is 3.13. The molecule has 0 saturated heterocycles. The molecule has 2 N–H and O–H groups in total. The maximum atomic E-state index is 11.2. The Hall–Kier alpha value is -1.49. The predicted octanol–water partition coefficient (Wildman–Crippen LogP) is 0.0370. The maximum Gasteiger partial charge on any atom is 0.274 e. The van der Waals surface area contributed by atoms with Crippen LogP contribution >= 0.6 is 12.4 Å². The third-order valence-corrected chi connectivity index (χ3v) is 1.75.